The average molecular weight is 611 g/mol. The van der Waals surface area contributed by atoms with Crippen LogP contribution in [0.5, 0.6) is 11.5 Å². The van der Waals surface area contributed by atoms with Gasteiger partial charge in [0.1, 0.15) is 11.0 Å². The van der Waals surface area contributed by atoms with Gasteiger partial charge in [-0.15, -0.1) is 0 Å². The zero-order valence-electron chi connectivity index (χ0n) is 12.9. The molecule has 0 bridgehead atoms. The number of halogens is 4. The highest BCUT2D eigenvalue weighted by Gasteiger charge is 2.09. The lowest BCUT2D eigenvalue weighted by atomic mass is 10.2. The Bertz CT molecular complexity index is 1030. The van der Waals surface area contributed by atoms with Crippen molar-refractivity contribution in [1.82, 2.24) is 9.97 Å². The molecule has 0 saturated carbocycles. The van der Waals surface area contributed by atoms with Gasteiger partial charge >= 0.3 is 0 Å². The first-order chi connectivity index (χ1) is 12.4. The molecule has 2 N–H and O–H groups in total. The zero-order valence-corrected chi connectivity index (χ0v) is 18.7. The van der Waals surface area contributed by atoms with Crippen molar-refractivity contribution < 1.29 is 10.2 Å². The Morgan fingerprint density at radius 1 is 0.731 bits per heavy atom. The topological polar surface area (TPSA) is 66.2 Å². The fraction of sp³-hybridized carbons (Fsp3) is 0. The third kappa shape index (κ3) is 3.92. The second-order valence-electron chi connectivity index (χ2n) is 5.18. The maximum absolute atomic E-state index is 9.71. The minimum absolute atomic E-state index is 0.0262. The quantitative estimate of drug-likeness (QED) is 0.226. The maximum atomic E-state index is 9.71. The first kappa shape index (κ1) is 19.7. The number of benzene rings is 2. The average Bonchev–Trinajstić information content (AvgIpc) is 2.65. The van der Waals surface area contributed by atoms with Crippen LogP contribution in [0.2, 0.25) is 10.0 Å². The molecule has 0 unspecified atom stereocenters. The summed E-state index contributed by atoms with van der Waals surface area (Å²) in [5.41, 5.74) is 1.11. The van der Waals surface area contributed by atoms with E-state index in [1.807, 2.05) is 18.2 Å². The van der Waals surface area contributed by atoms with Crippen molar-refractivity contribution in [3.8, 4) is 11.5 Å². The van der Waals surface area contributed by atoms with Gasteiger partial charge < -0.3 is 10.2 Å². The molecule has 0 aliphatic carbocycles. The number of rotatable bonds is 0. The zero-order chi connectivity index (χ0) is 18.8. The summed E-state index contributed by atoms with van der Waals surface area (Å²) >= 11 is 16.0. The molecule has 0 radical (unpaired) electrons. The normalized spacial score (nSPS) is 10.6. The largest absolute Gasteiger partial charge is 0.505 e. The summed E-state index contributed by atoms with van der Waals surface area (Å²) in [6.07, 6.45) is 3.27. The fourth-order valence-electron chi connectivity index (χ4n) is 2.31. The molecule has 0 aliphatic rings. The highest BCUT2D eigenvalue weighted by molar-refractivity contribution is 14.1. The van der Waals surface area contributed by atoms with Crippen molar-refractivity contribution in [2.75, 3.05) is 0 Å². The predicted molar refractivity (Wildman–Crippen MR) is 122 cm³/mol. The molecule has 0 aliphatic heterocycles. The minimum Gasteiger partial charge on any atom is -0.505 e. The van der Waals surface area contributed by atoms with Gasteiger partial charge in [-0.2, -0.15) is 0 Å². The molecule has 0 atom stereocenters. The van der Waals surface area contributed by atoms with E-state index < -0.39 is 0 Å². The Kier molecular flexibility index (Phi) is 6.26. The van der Waals surface area contributed by atoms with Gasteiger partial charge in [0.05, 0.1) is 13.6 Å². The van der Waals surface area contributed by atoms with E-state index in [1.165, 1.54) is 6.07 Å². The summed E-state index contributed by atoms with van der Waals surface area (Å²) in [5, 5.41) is 21.7. The van der Waals surface area contributed by atoms with Crippen molar-refractivity contribution >= 4 is 90.2 Å². The number of aromatic nitrogens is 2. The van der Waals surface area contributed by atoms with E-state index in [0.717, 1.165) is 12.5 Å². The Morgan fingerprint density at radius 3 is 1.96 bits per heavy atom. The van der Waals surface area contributed by atoms with Crippen LogP contribution < -0.4 is 0 Å². The van der Waals surface area contributed by atoms with Gasteiger partial charge in [-0.3, -0.25) is 9.97 Å². The fourth-order valence-corrected chi connectivity index (χ4v) is 4.74. The van der Waals surface area contributed by atoms with Crippen LogP contribution in [0.1, 0.15) is 0 Å². The van der Waals surface area contributed by atoms with Crippen molar-refractivity contribution in [2.24, 2.45) is 0 Å². The summed E-state index contributed by atoms with van der Waals surface area (Å²) in [6.45, 7) is 0. The van der Waals surface area contributed by atoms with Crippen LogP contribution in [0.4, 0.5) is 0 Å². The summed E-state index contributed by atoms with van der Waals surface area (Å²) in [4.78, 5) is 8.13. The third-order valence-electron chi connectivity index (χ3n) is 3.54. The van der Waals surface area contributed by atoms with Gasteiger partial charge in [0.25, 0.3) is 0 Å². The second kappa shape index (κ2) is 8.28. The van der Waals surface area contributed by atoms with Gasteiger partial charge in [-0.1, -0.05) is 29.3 Å². The lowest BCUT2D eigenvalue weighted by Gasteiger charge is -2.03. The van der Waals surface area contributed by atoms with Crippen LogP contribution >= 0.6 is 68.4 Å². The number of phenolic OH excluding ortho intramolecular Hbond substituents is 2. The van der Waals surface area contributed by atoms with E-state index in [4.69, 9.17) is 23.2 Å². The molecular formula is C18H10Cl2I2N2O2. The molecule has 4 aromatic rings. The van der Waals surface area contributed by atoms with Crippen LogP contribution in [0.15, 0.2) is 48.8 Å². The van der Waals surface area contributed by atoms with Crippen LogP contribution in [-0.4, -0.2) is 20.2 Å². The van der Waals surface area contributed by atoms with Crippen LogP contribution in [0, 0.1) is 7.14 Å². The third-order valence-corrected chi connectivity index (χ3v) is 5.85. The van der Waals surface area contributed by atoms with E-state index >= 15 is 0 Å². The lowest BCUT2D eigenvalue weighted by molar-refractivity contribution is 0.476. The van der Waals surface area contributed by atoms with E-state index in [2.05, 4.69) is 55.1 Å². The molecular weight excluding hydrogens is 601 g/mol. The Labute approximate surface area is 186 Å². The summed E-state index contributed by atoms with van der Waals surface area (Å²) in [5.74, 6) is 0.248. The molecule has 8 heteroatoms. The van der Waals surface area contributed by atoms with Crippen molar-refractivity contribution in [2.45, 2.75) is 0 Å². The Balaban J connectivity index is 0.000000151. The van der Waals surface area contributed by atoms with Gasteiger partial charge in [-0.05, 0) is 75.5 Å². The molecule has 0 spiro atoms. The number of hydrogen-bond donors (Lipinski definition) is 2. The van der Waals surface area contributed by atoms with Gasteiger partial charge in [0, 0.05) is 26.7 Å². The molecule has 0 saturated heterocycles. The number of fused-ring (bicyclic) bond motifs is 2. The molecule has 0 fully saturated rings. The molecule has 4 rings (SSSR count). The molecule has 2 heterocycles. The summed E-state index contributed by atoms with van der Waals surface area (Å²) < 4.78 is 1.95. The van der Waals surface area contributed by atoms with E-state index in [1.54, 1.807) is 24.5 Å². The number of phenols is 2. The molecule has 26 heavy (non-hydrogen) atoms. The van der Waals surface area contributed by atoms with Crippen molar-refractivity contribution in [3.05, 3.63) is 66.0 Å². The van der Waals surface area contributed by atoms with E-state index in [0.29, 0.717) is 21.4 Å². The molecule has 2 aromatic heterocycles. The Hall–Kier alpha value is -1.10. The summed E-state index contributed by atoms with van der Waals surface area (Å²) in [7, 11) is 0. The maximum Gasteiger partial charge on any atom is 0.160 e. The van der Waals surface area contributed by atoms with Gasteiger partial charge in [0.15, 0.2) is 11.5 Å². The summed E-state index contributed by atoms with van der Waals surface area (Å²) in [6, 6.07) is 10.8. The first-order valence-electron chi connectivity index (χ1n) is 7.23. The van der Waals surface area contributed by atoms with Crippen LogP contribution in [0.25, 0.3) is 21.8 Å². The molecule has 4 nitrogen and oxygen atoms in total. The Morgan fingerprint density at radius 2 is 1.31 bits per heavy atom. The van der Waals surface area contributed by atoms with Crippen LogP contribution in [0.3, 0.4) is 0 Å². The number of pyridine rings is 2. The molecule has 0 amide bonds. The predicted octanol–water partition coefficient (Wildman–Crippen LogP) is 6.40. The first-order valence-corrected chi connectivity index (χ1v) is 10.1. The van der Waals surface area contributed by atoms with E-state index in [-0.39, 0.29) is 16.5 Å². The van der Waals surface area contributed by atoms with Gasteiger partial charge in [0.2, 0.25) is 0 Å². The highest BCUT2D eigenvalue weighted by atomic mass is 127. The number of hydrogen-bond acceptors (Lipinski definition) is 4. The minimum atomic E-state index is -0.0262. The lowest BCUT2D eigenvalue weighted by Crippen LogP contribution is -1.85. The molecule has 132 valence electrons. The monoisotopic (exact) mass is 610 g/mol. The van der Waals surface area contributed by atoms with Crippen molar-refractivity contribution in [3.63, 3.8) is 0 Å². The van der Waals surface area contributed by atoms with E-state index in [9.17, 15) is 10.2 Å². The smallest absolute Gasteiger partial charge is 0.160 e. The van der Waals surface area contributed by atoms with Gasteiger partial charge in [-0.25, -0.2) is 0 Å². The SMILES string of the molecule is Oc1c(Cl)cc(Cl)c2cccnc12.Oc1c(I)cc(I)c2cccnc12. The van der Waals surface area contributed by atoms with Crippen molar-refractivity contribution in [1.29, 1.82) is 0 Å². The molecule has 2 aromatic carbocycles. The number of aromatic hydroxyl groups is 2. The standard InChI is InChI=1S/C9H5Cl2NO.C9H5I2NO/c2*10-6-4-7(11)9(13)8-5(6)2-1-3-12-8/h2*1-4,13H. The second-order valence-corrected chi connectivity index (χ2v) is 8.32. The van der Waals surface area contributed by atoms with Crippen LogP contribution in [-0.2, 0) is 0 Å². The highest BCUT2D eigenvalue weighted by Crippen LogP contribution is 2.35. The number of nitrogens with zero attached hydrogens (tertiary/aromatic N) is 2.